The highest BCUT2D eigenvalue weighted by molar-refractivity contribution is 6.13. The highest BCUT2D eigenvalue weighted by Gasteiger charge is 2.40. The van der Waals surface area contributed by atoms with Crippen molar-refractivity contribution in [2.75, 3.05) is 9.80 Å². The van der Waals surface area contributed by atoms with Gasteiger partial charge in [-0.05, 0) is 252 Å². The predicted octanol–water partition coefficient (Wildman–Crippen LogP) is 27.3. The highest BCUT2D eigenvalue weighted by Crippen LogP contribution is 2.56. The van der Waals surface area contributed by atoms with Gasteiger partial charge in [-0.2, -0.15) is 0 Å². The Balaban J connectivity index is 0.630. The number of nitrogens with zero attached hydrogens (tertiary/aromatic N) is 4. The van der Waals surface area contributed by atoms with E-state index in [-0.39, 0.29) is 16.2 Å². The van der Waals surface area contributed by atoms with Crippen LogP contribution in [-0.4, -0.2) is 9.13 Å². The van der Waals surface area contributed by atoms with Crippen molar-refractivity contribution in [3.63, 3.8) is 0 Å². The Morgan fingerprint density at radius 3 is 1.36 bits per heavy atom. The number of aromatic nitrogens is 2. The predicted molar refractivity (Wildman–Crippen MR) is 449 cm³/mol. The van der Waals surface area contributed by atoms with Crippen molar-refractivity contribution >= 4 is 77.6 Å². The van der Waals surface area contributed by atoms with Crippen molar-refractivity contribution in [3.05, 3.63) is 384 Å². The SMILES string of the molecule is CC1(C)c2ccccc2-c2ccc(N(c3ccc(C4CCc5c(c6ccccc6n5-c5ccccc5)C4)cc3)c3ccc4c(c3)C(C)(C)c3cc(-c5ccc6c7cc(-c8ccc(N(c9ccccc9)c9ccc%10c(c9)C(C)(C)c9ccccc9-%10)c9ccccc89)ccc7n(-c7ccccc7)c6c5)ccc3-4)cc21. The second-order valence-electron chi connectivity index (χ2n) is 31.9. The first kappa shape index (κ1) is 63.0. The van der Waals surface area contributed by atoms with Crippen molar-refractivity contribution < 1.29 is 0 Å². The molecule has 1 unspecified atom stereocenters. The molecule has 4 nitrogen and oxygen atoms in total. The molecule has 0 aliphatic heterocycles. The Kier molecular flexibility index (Phi) is 14.0. The monoisotopic (exact) mass is 1370 g/mol. The molecule has 21 rings (SSSR count). The zero-order valence-corrected chi connectivity index (χ0v) is 61.2. The lowest BCUT2D eigenvalue weighted by molar-refractivity contribution is 0.575. The lowest BCUT2D eigenvalue weighted by atomic mass is 9.81. The van der Waals surface area contributed by atoms with Crippen LogP contribution in [0.2, 0.25) is 0 Å². The first-order chi connectivity index (χ1) is 52.3. The van der Waals surface area contributed by atoms with E-state index >= 15 is 0 Å². The molecule has 0 fully saturated rings. The molecule has 0 amide bonds. The molecule has 0 saturated heterocycles. The summed E-state index contributed by atoms with van der Waals surface area (Å²) in [6.07, 6.45) is 3.16. The topological polar surface area (TPSA) is 16.3 Å². The van der Waals surface area contributed by atoms with Crippen LogP contribution in [0.4, 0.5) is 34.1 Å². The summed E-state index contributed by atoms with van der Waals surface area (Å²) >= 11 is 0. The minimum Gasteiger partial charge on any atom is -0.313 e. The summed E-state index contributed by atoms with van der Waals surface area (Å²) in [4.78, 5) is 4.98. The number of anilines is 6. The van der Waals surface area contributed by atoms with E-state index in [2.05, 4.69) is 394 Å². The molecule has 0 saturated carbocycles. The largest absolute Gasteiger partial charge is 0.313 e. The average molecular weight is 1370 g/mol. The molecule has 0 bridgehead atoms. The van der Waals surface area contributed by atoms with Gasteiger partial charge in [-0.15, -0.1) is 0 Å². The van der Waals surface area contributed by atoms with E-state index < -0.39 is 0 Å². The molecule has 4 heteroatoms. The van der Waals surface area contributed by atoms with Crippen LogP contribution >= 0.6 is 0 Å². The second-order valence-corrected chi connectivity index (χ2v) is 31.9. The molecule has 4 aliphatic carbocycles. The van der Waals surface area contributed by atoms with Crippen LogP contribution in [0.5, 0.6) is 0 Å². The highest BCUT2D eigenvalue weighted by atomic mass is 15.2. The van der Waals surface area contributed by atoms with Crippen LogP contribution in [0.25, 0.3) is 110 Å². The summed E-state index contributed by atoms with van der Waals surface area (Å²) in [6, 6.07) is 126. The quantitative estimate of drug-likeness (QED) is 0.128. The van der Waals surface area contributed by atoms with Crippen LogP contribution in [0.1, 0.15) is 104 Å². The fourth-order valence-electron chi connectivity index (χ4n) is 19.7. The second kappa shape index (κ2) is 23.8. The molecule has 0 N–H and O–H groups in total. The van der Waals surface area contributed by atoms with Crippen LogP contribution < -0.4 is 9.80 Å². The van der Waals surface area contributed by atoms with E-state index in [1.165, 1.54) is 161 Å². The Bertz CT molecular complexity index is 6500. The number of fused-ring (bicyclic) bond motifs is 16. The first-order valence-electron chi connectivity index (χ1n) is 38.2. The van der Waals surface area contributed by atoms with Gasteiger partial charge in [0, 0.05) is 83.3 Å². The normalized spacial score (nSPS) is 15.2. The van der Waals surface area contributed by atoms with E-state index in [4.69, 9.17) is 0 Å². The fourth-order valence-corrected chi connectivity index (χ4v) is 19.7. The molecule has 1 atom stereocenters. The van der Waals surface area contributed by atoms with Gasteiger partial charge >= 0.3 is 0 Å². The average Bonchev–Trinajstić information content (AvgIpc) is 1.64. The van der Waals surface area contributed by atoms with Crippen molar-refractivity contribution in [2.45, 2.75) is 83.0 Å². The van der Waals surface area contributed by atoms with Gasteiger partial charge in [0.15, 0.2) is 0 Å². The molecule has 512 valence electrons. The Labute approximate surface area is 626 Å². The van der Waals surface area contributed by atoms with Crippen molar-refractivity contribution in [2.24, 2.45) is 0 Å². The summed E-state index contributed by atoms with van der Waals surface area (Å²) in [5.41, 5.74) is 37.6. The smallest absolute Gasteiger partial charge is 0.0547 e. The molecule has 17 aromatic rings. The van der Waals surface area contributed by atoms with Gasteiger partial charge in [-0.25, -0.2) is 0 Å². The number of hydrogen-bond donors (Lipinski definition) is 0. The maximum Gasteiger partial charge on any atom is 0.0547 e. The van der Waals surface area contributed by atoms with Gasteiger partial charge in [-0.1, -0.05) is 254 Å². The number of rotatable bonds is 11. The van der Waals surface area contributed by atoms with Crippen LogP contribution in [-0.2, 0) is 29.1 Å². The van der Waals surface area contributed by atoms with E-state index in [1.54, 1.807) is 0 Å². The van der Waals surface area contributed by atoms with Gasteiger partial charge in [0.05, 0.1) is 22.2 Å². The molecule has 0 spiro atoms. The minimum absolute atomic E-state index is 0.131. The first-order valence-corrected chi connectivity index (χ1v) is 38.2. The molecule has 2 aromatic heterocycles. The molecule has 0 radical (unpaired) electrons. The van der Waals surface area contributed by atoms with Gasteiger partial charge in [0.25, 0.3) is 0 Å². The lowest BCUT2D eigenvalue weighted by Gasteiger charge is -2.30. The number of para-hydroxylation sites is 4. The van der Waals surface area contributed by atoms with E-state index in [0.717, 1.165) is 53.4 Å². The summed E-state index contributed by atoms with van der Waals surface area (Å²) < 4.78 is 4.99. The molecule has 15 aromatic carbocycles. The Morgan fingerprint density at radius 2 is 0.729 bits per heavy atom. The van der Waals surface area contributed by atoms with E-state index in [0.29, 0.717) is 5.92 Å². The Morgan fingerprint density at radius 1 is 0.280 bits per heavy atom. The van der Waals surface area contributed by atoms with Gasteiger partial charge in [-0.3, -0.25) is 0 Å². The van der Waals surface area contributed by atoms with E-state index in [1.807, 2.05) is 0 Å². The maximum absolute atomic E-state index is 2.53. The molecule has 107 heavy (non-hydrogen) atoms. The standard InChI is InChI=1S/C103H80N4/c1-101(2)90-35-21-18-31-79(90)82-51-46-74(62-93(82)101)104(73-44-38-65(39-45-73)66-42-55-98-88(58-66)86-34-20-23-37-96(86)106(98)71-26-12-8-13-27-71)75-47-52-84-81-49-40-67(60-92(81)103(5,6)95(84)63-75)68-41-50-87-89-59-69(43-56-99(89)107(100(87)61-68)72-28-14-9-15-29-72)77-54-57-97(85-33-17-16-30-78(77)85)105(70-24-10-7-11-25-70)76-48-53-83-80-32-19-22-36-91(80)102(3,4)94(83)64-76/h7-41,43-54,56-57,59-64,66H,42,55,58H2,1-6H3. The third kappa shape index (κ3) is 9.60. The molecular weight excluding hydrogens is 1290 g/mol. The van der Waals surface area contributed by atoms with Crippen LogP contribution in [0.3, 0.4) is 0 Å². The number of hydrogen-bond acceptors (Lipinski definition) is 2. The van der Waals surface area contributed by atoms with Crippen LogP contribution in [0, 0.1) is 0 Å². The molecule has 2 heterocycles. The summed E-state index contributed by atoms with van der Waals surface area (Å²) in [5.74, 6) is 0.415. The van der Waals surface area contributed by atoms with Gasteiger partial charge in [0.1, 0.15) is 0 Å². The maximum atomic E-state index is 2.53. The number of benzene rings is 15. The van der Waals surface area contributed by atoms with Gasteiger partial charge in [0.2, 0.25) is 0 Å². The van der Waals surface area contributed by atoms with Crippen LogP contribution in [0.15, 0.2) is 334 Å². The summed E-state index contributed by atoms with van der Waals surface area (Å²) in [7, 11) is 0. The zero-order chi connectivity index (χ0) is 71.6. The minimum atomic E-state index is -0.301. The van der Waals surface area contributed by atoms with Crippen molar-refractivity contribution in [1.82, 2.24) is 9.13 Å². The summed E-state index contributed by atoms with van der Waals surface area (Å²) in [5, 5.41) is 6.23. The lowest BCUT2D eigenvalue weighted by Crippen LogP contribution is -2.18. The molecular formula is C103H80N4. The van der Waals surface area contributed by atoms with E-state index in [9.17, 15) is 0 Å². The fraction of sp³-hybridized carbons (Fsp3) is 0.126. The van der Waals surface area contributed by atoms with Crippen molar-refractivity contribution in [3.8, 4) is 67.0 Å². The van der Waals surface area contributed by atoms with Gasteiger partial charge < -0.3 is 18.9 Å². The van der Waals surface area contributed by atoms with Crippen molar-refractivity contribution in [1.29, 1.82) is 0 Å². The Hall–Kier alpha value is -12.5. The molecule has 4 aliphatic rings. The third-order valence-corrected chi connectivity index (χ3v) is 25.1. The summed E-state index contributed by atoms with van der Waals surface area (Å²) in [6.45, 7) is 14.4. The zero-order valence-electron chi connectivity index (χ0n) is 61.2. The third-order valence-electron chi connectivity index (χ3n) is 25.1.